The first-order valence-electron chi connectivity index (χ1n) is 6.99. The second kappa shape index (κ2) is 8.14. The highest BCUT2D eigenvalue weighted by Gasteiger charge is 2.18. The molecular weight excluding hydrogens is 296 g/mol. The van der Waals surface area contributed by atoms with Gasteiger partial charge in [0.25, 0.3) is 15.9 Å². The molecule has 0 aliphatic rings. The number of nitrogens with zero attached hydrogens (tertiary/aromatic N) is 2. The molecule has 21 heavy (non-hydrogen) atoms. The van der Waals surface area contributed by atoms with Crippen molar-refractivity contribution in [1.29, 1.82) is 0 Å². The van der Waals surface area contributed by atoms with E-state index in [0.717, 1.165) is 25.2 Å². The summed E-state index contributed by atoms with van der Waals surface area (Å²) in [5.41, 5.74) is 0. The molecule has 0 radical (unpaired) electrons. The second-order valence-electron chi connectivity index (χ2n) is 4.87. The minimum atomic E-state index is -3.95. The van der Waals surface area contributed by atoms with Crippen LogP contribution in [0.1, 0.15) is 38.9 Å². The zero-order valence-corrected chi connectivity index (χ0v) is 13.3. The molecule has 1 rings (SSSR count). The monoisotopic (exact) mass is 319 g/mol. The molecule has 1 aromatic rings. The van der Waals surface area contributed by atoms with Gasteiger partial charge >= 0.3 is 5.97 Å². The van der Waals surface area contributed by atoms with Crippen molar-refractivity contribution >= 4 is 16.1 Å². The number of esters is 1. The summed E-state index contributed by atoms with van der Waals surface area (Å²) < 4.78 is 39.1. The van der Waals surface area contributed by atoms with Crippen molar-refractivity contribution in [3.63, 3.8) is 0 Å². The van der Waals surface area contributed by atoms with Gasteiger partial charge in [-0.25, -0.2) is 9.13 Å². The Bertz CT molecular complexity index is 565. The molecule has 0 amide bonds. The van der Waals surface area contributed by atoms with Crippen molar-refractivity contribution in [2.75, 3.05) is 5.75 Å². The Labute approximate surface area is 125 Å². The third kappa shape index (κ3) is 6.72. The molecule has 0 fully saturated rings. The fourth-order valence-corrected chi connectivity index (χ4v) is 2.48. The first-order valence-corrected chi connectivity index (χ1v) is 8.60. The van der Waals surface area contributed by atoms with E-state index >= 15 is 0 Å². The predicted molar refractivity (Wildman–Crippen MR) is 76.0 cm³/mol. The Hall–Kier alpha value is -1.41. The number of unbranched alkanes of at least 4 members (excludes halogenated alkanes) is 1. The summed E-state index contributed by atoms with van der Waals surface area (Å²) in [6.07, 6.45) is 6.08. The molecule has 0 unspecified atom stereocenters. The van der Waals surface area contributed by atoms with Crippen LogP contribution in [0.4, 0.5) is 0 Å². The number of aryl methyl sites for hydroxylation is 2. The van der Waals surface area contributed by atoms with Crippen LogP contribution in [0.2, 0.25) is 0 Å². The van der Waals surface area contributed by atoms with Gasteiger partial charge in [0.1, 0.15) is 12.4 Å². The Kier molecular flexibility index (Phi) is 6.83. The number of hydrogen-bond acceptors (Lipinski definition) is 4. The van der Waals surface area contributed by atoms with Crippen molar-refractivity contribution in [1.82, 2.24) is 4.57 Å². The molecule has 0 atom stereocenters. The van der Waals surface area contributed by atoms with Gasteiger partial charge in [0.05, 0.1) is 18.8 Å². The van der Waals surface area contributed by atoms with Gasteiger partial charge in [-0.2, -0.15) is 8.42 Å². The van der Waals surface area contributed by atoms with Gasteiger partial charge in [0, 0.05) is 13.3 Å². The fourth-order valence-electron chi connectivity index (χ4n) is 1.98. The summed E-state index contributed by atoms with van der Waals surface area (Å²) in [6.45, 7) is 4.85. The molecule has 0 spiro atoms. The van der Waals surface area contributed by atoms with Gasteiger partial charge < -0.3 is 4.74 Å². The Balaban J connectivity index is 2.76. The fraction of sp³-hybridized carbons (Fsp3) is 0.692. The van der Waals surface area contributed by atoms with Gasteiger partial charge in [-0.3, -0.25) is 9.35 Å². The highest BCUT2D eigenvalue weighted by atomic mass is 32.2. The zero-order chi connectivity index (χ0) is 15.9. The lowest BCUT2D eigenvalue weighted by atomic mass is 10.3. The highest BCUT2D eigenvalue weighted by molar-refractivity contribution is 7.85. The lowest BCUT2D eigenvalue weighted by Crippen LogP contribution is -2.38. The number of carbonyl (C=O) groups is 1. The van der Waals surface area contributed by atoms with E-state index in [1.807, 2.05) is 21.5 Å². The number of ether oxygens (including phenoxy) is 1. The van der Waals surface area contributed by atoms with Crippen molar-refractivity contribution in [2.24, 2.45) is 0 Å². The van der Waals surface area contributed by atoms with E-state index in [1.54, 1.807) is 0 Å². The van der Waals surface area contributed by atoms with Crippen LogP contribution < -0.4 is 4.57 Å². The minimum Gasteiger partial charge on any atom is -0.453 e. The van der Waals surface area contributed by atoms with Crippen molar-refractivity contribution < 1.29 is 27.1 Å². The van der Waals surface area contributed by atoms with Gasteiger partial charge in [-0.15, -0.1) is 0 Å². The molecule has 120 valence electrons. The number of aromatic nitrogens is 2. The van der Waals surface area contributed by atoms with Gasteiger partial charge in [-0.1, -0.05) is 13.3 Å². The van der Waals surface area contributed by atoms with Gasteiger partial charge in [-0.05, 0) is 6.42 Å². The van der Waals surface area contributed by atoms with Crippen LogP contribution in [0, 0.1) is 0 Å². The predicted octanol–water partition coefficient (Wildman–Crippen LogP) is 0.917. The van der Waals surface area contributed by atoms with Crippen LogP contribution in [-0.4, -0.2) is 29.3 Å². The van der Waals surface area contributed by atoms with Crippen LogP contribution in [0.15, 0.2) is 12.4 Å². The summed E-state index contributed by atoms with van der Waals surface area (Å²) in [6, 6.07) is 0. The van der Waals surface area contributed by atoms with Crippen molar-refractivity contribution in [3.8, 4) is 0 Å². The smallest absolute Gasteiger partial charge is 0.303 e. The molecule has 0 bridgehead atoms. The summed E-state index contributed by atoms with van der Waals surface area (Å²) in [5, 5.41) is 0. The number of rotatable bonds is 9. The molecule has 7 nitrogen and oxygen atoms in total. The molecule has 1 N–H and O–H groups in total. The van der Waals surface area contributed by atoms with Crippen molar-refractivity contribution in [2.45, 2.75) is 52.8 Å². The van der Waals surface area contributed by atoms with Gasteiger partial charge in [0.2, 0.25) is 0 Å². The molecule has 1 aromatic heterocycles. The lowest BCUT2D eigenvalue weighted by Gasteiger charge is -2.05. The zero-order valence-electron chi connectivity index (χ0n) is 12.5. The second-order valence-corrected chi connectivity index (χ2v) is 6.45. The molecule has 0 aromatic carbocycles. The standard InChI is InChI=1S/C13H22N2O5S/c1-3-4-6-14-8-9-15(7-5-10-21(17,18)19)13(14)11-20-12(2)16/h8-9H,3-7,10-11H2,1-2H3/p+1. The van der Waals surface area contributed by atoms with Crippen LogP contribution in [0.25, 0.3) is 0 Å². The maximum atomic E-state index is 11.0. The normalized spacial score (nSPS) is 11.6. The first kappa shape index (κ1) is 17.6. The largest absolute Gasteiger partial charge is 0.453 e. The maximum absolute atomic E-state index is 11.0. The average molecular weight is 319 g/mol. The Morgan fingerprint density at radius 3 is 2.71 bits per heavy atom. The maximum Gasteiger partial charge on any atom is 0.303 e. The van der Waals surface area contributed by atoms with Gasteiger partial charge in [0.15, 0.2) is 6.61 Å². The average Bonchev–Trinajstić information content (AvgIpc) is 2.74. The van der Waals surface area contributed by atoms with Crippen LogP contribution in [-0.2, 0) is 39.3 Å². The molecule has 8 heteroatoms. The molecule has 0 saturated carbocycles. The quantitative estimate of drug-likeness (QED) is 0.415. The van der Waals surface area contributed by atoms with E-state index in [9.17, 15) is 13.2 Å². The third-order valence-electron chi connectivity index (χ3n) is 3.05. The van der Waals surface area contributed by atoms with E-state index < -0.39 is 10.1 Å². The van der Waals surface area contributed by atoms with E-state index in [4.69, 9.17) is 9.29 Å². The minimum absolute atomic E-state index is 0.151. The molecular formula is C13H23N2O5S+. The first-order chi connectivity index (χ1) is 9.83. The molecule has 0 aliphatic heterocycles. The molecule has 1 heterocycles. The summed E-state index contributed by atoms with van der Waals surface area (Å²) in [4.78, 5) is 11.0. The SMILES string of the molecule is CCCCn1cc[n+](CCCS(=O)(=O)O)c1COC(C)=O. The molecule has 0 saturated heterocycles. The summed E-state index contributed by atoms with van der Waals surface area (Å²) >= 11 is 0. The van der Waals surface area contributed by atoms with E-state index in [2.05, 4.69) is 6.92 Å². The number of hydrogen-bond donors (Lipinski definition) is 1. The van der Waals surface area contributed by atoms with E-state index in [-0.39, 0.29) is 18.3 Å². The van der Waals surface area contributed by atoms with Crippen LogP contribution >= 0.6 is 0 Å². The number of carbonyl (C=O) groups excluding carboxylic acids is 1. The number of imidazole rings is 1. The molecule has 0 aliphatic carbocycles. The van der Waals surface area contributed by atoms with Crippen LogP contribution in [0.5, 0.6) is 0 Å². The summed E-state index contributed by atoms with van der Waals surface area (Å²) in [7, 11) is -3.95. The Morgan fingerprint density at radius 1 is 1.43 bits per heavy atom. The van der Waals surface area contributed by atoms with Crippen LogP contribution in [0.3, 0.4) is 0 Å². The summed E-state index contributed by atoms with van der Waals surface area (Å²) in [5.74, 6) is 0.171. The Morgan fingerprint density at radius 2 is 2.14 bits per heavy atom. The lowest BCUT2D eigenvalue weighted by molar-refractivity contribution is -0.705. The highest BCUT2D eigenvalue weighted by Crippen LogP contribution is 2.03. The van der Waals surface area contributed by atoms with E-state index in [1.165, 1.54) is 6.92 Å². The topological polar surface area (TPSA) is 89.5 Å². The third-order valence-corrected chi connectivity index (χ3v) is 3.85. The van der Waals surface area contributed by atoms with E-state index in [0.29, 0.717) is 13.0 Å². The van der Waals surface area contributed by atoms with Crippen molar-refractivity contribution in [3.05, 3.63) is 18.2 Å².